The van der Waals surface area contributed by atoms with Gasteiger partial charge in [0.1, 0.15) is 5.82 Å². The van der Waals surface area contributed by atoms with E-state index in [1.165, 1.54) is 6.07 Å². The molecule has 0 radical (unpaired) electrons. The highest BCUT2D eigenvalue weighted by Crippen LogP contribution is 2.44. The van der Waals surface area contributed by atoms with Gasteiger partial charge in [-0.05, 0) is 40.9 Å². The monoisotopic (exact) mass is 341 g/mol. The summed E-state index contributed by atoms with van der Waals surface area (Å²) < 4.78 is 14.7. The van der Waals surface area contributed by atoms with E-state index in [0.717, 1.165) is 18.5 Å². The number of hydrogen-bond acceptors (Lipinski definition) is 3. The Bertz CT molecular complexity index is 659. The van der Waals surface area contributed by atoms with Crippen LogP contribution in [-0.2, 0) is 0 Å². The van der Waals surface area contributed by atoms with Gasteiger partial charge in [0.2, 0.25) is 0 Å². The normalized spacial score (nSPS) is 14.7. The van der Waals surface area contributed by atoms with Gasteiger partial charge in [0.25, 0.3) is 0 Å². The van der Waals surface area contributed by atoms with Crippen LogP contribution in [0.3, 0.4) is 0 Å². The first-order valence-electron chi connectivity index (χ1n) is 5.85. The van der Waals surface area contributed by atoms with Gasteiger partial charge >= 0.3 is 0 Å². The fourth-order valence-electron chi connectivity index (χ4n) is 1.91. The van der Waals surface area contributed by atoms with E-state index in [2.05, 4.69) is 25.9 Å². The number of nitrogens with zero attached hydrogens (tertiary/aromatic N) is 2. The third-order valence-corrected chi connectivity index (χ3v) is 4.16. The molecule has 0 amide bonds. The zero-order valence-corrected chi connectivity index (χ0v) is 12.2. The summed E-state index contributed by atoms with van der Waals surface area (Å²) in [6.07, 6.45) is 2.15. The lowest BCUT2D eigenvalue weighted by molar-refractivity contribution is 0.630. The highest BCUT2D eigenvalue weighted by Gasteiger charge is 2.29. The Hall–Kier alpha value is -1.20. The van der Waals surface area contributed by atoms with Gasteiger partial charge in [-0.1, -0.05) is 17.7 Å². The van der Waals surface area contributed by atoms with Crippen molar-refractivity contribution in [3.05, 3.63) is 39.2 Å². The molecule has 0 atom stereocenters. The van der Waals surface area contributed by atoms with Crippen molar-refractivity contribution < 1.29 is 4.39 Å². The molecule has 98 valence electrons. The Morgan fingerprint density at radius 2 is 2.05 bits per heavy atom. The number of hydrogen-bond donors (Lipinski definition) is 1. The number of halogens is 3. The standard InChI is InChI=1S/C13H10BrClFN3/c14-9-11(6-4-5-6)18-13(19-12(9)17)7-2-1-3-8(15)10(7)16/h1-3,6H,4-5H2,(H2,17,18,19). The van der Waals surface area contributed by atoms with Crippen LogP contribution in [0.4, 0.5) is 10.2 Å². The fourth-order valence-corrected chi connectivity index (χ4v) is 2.58. The molecule has 1 aromatic heterocycles. The second-order valence-corrected chi connectivity index (χ2v) is 5.71. The predicted molar refractivity (Wildman–Crippen MR) is 76.5 cm³/mol. The fraction of sp³-hybridized carbons (Fsp3) is 0.231. The van der Waals surface area contributed by atoms with Gasteiger partial charge in [-0.25, -0.2) is 14.4 Å². The van der Waals surface area contributed by atoms with Crippen molar-refractivity contribution in [3.8, 4) is 11.4 Å². The van der Waals surface area contributed by atoms with E-state index in [1.54, 1.807) is 12.1 Å². The molecule has 0 bridgehead atoms. The minimum atomic E-state index is -0.521. The van der Waals surface area contributed by atoms with E-state index >= 15 is 0 Å². The Balaban J connectivity index is 2.17. The minimum absolute atomic E-state index is 0.0514. The highest BCUT2D eigenvalue weighted by molar-refractivity contribution is 9.10. The van der Waals surface area contributed by atoms with Crippen molar-refractivity contribution in [1.29, 1.82) is 0 Å². The van der Waals surface area contributed by atoms with Crippen molar-refractivity contribution in [2.24, 2.45) is 0 Å². The van der Waals surface area contributed by atoms with Crippen LogP contribution in [0.25, 0.3) is 11.4 Å². The lowest BCUT2D eigenvalue weighted by Gasteiger charge is -2.09. The molecule has 0 saturated heterocycles. The molecule has 3 rings (SSSR count). The van der Waals surface area contributed by atoms with Gasteiger partial charge in [-0.2, -0.15) is 0 Å². The number of nitrogens with two attached hydrogens (primary N) is 1. The van der Waals surface area contributed by atoms with Crippen LogP contribution in [-0.4, -0.2) is 9.97 Å². The summed E-state index contributed by atoms with van der Waals surface area (Å²) >= 11 is 9.17. The first kappa shape index (κ1) is 12.8. The SMILES string of the molecule is Nc1nc(-c2cccc(Cl)c2F)nc(C2CC2)c1Br. The summed E-state index contributed by atoms with van der Waals surface area (Å²) in [4.78, 5) is 8.57. The zero-order valence-electron chi connectivity index (χ0n) is 9.83. The molecule has 1 saturated carbocycles. The quantitative estimate of drug-likeness (QED) is 0.891. The second-order valence-electron chi connectivity index (χ2n) is 4.51. The van der Waals surface area contributed by atoms with Crippen molar-refractivity contribution in [1.82, 2.24) is 9.97 Å². The molecule has 2 aromatic rings. The molecule has 1 aromatic carbocycles. The predicted octanol–water partition coefficient (Wildman–Crippen LogP) is 4.16. The van der Waals surface area contributed by atoms with E-state index in [-0.39, 0.29) is 16.4 Å². The van der Waals surface area contributed by atoms with Crippen LogP contribution in [0.1, 0.15) is 24.5 Å². The maximum Gasteiger partial charge on any atom is 0.164 e. The number of benzene rings is 1. The Labute approximate surface area is 123 Å². The second kappa shape index (κ2) is 4.72. The summed E-state index contributed by atoms with van der Waals surface area (Å²) in [5, 5.41) is 0.0514. The molecule has 1 aliphatic rings. The summed E-state index contributed by atoms with van der Waals surface area (Å²) in [6.45, 7) is 0. The first-order chi connectivity index (χ1) is 9.08. The first-order valence-corrected chi connectivity index (χ1v) is 7.02. The smallest absolute Gasteiger partial charge is 0.164 e. The molecule has 0 spiro atoms. The van der Waals surface area contributed by atoms with E-state index in [4.69, 9.17) is 17.3 Å². The number of nitrogen functional groups attached to an aromatic ring is 1. The molecule has 0 aliphatic heterocycles. The molecule has 19 heavy (non-hydrogen) atoms. The van der Waals surface area contributed by atoms with Gasteiger partial charge in [-0.15, -0.1) is 0 Å². The maximum absolute atomic E-state index is 14.0. The van der Waals surface area contributed by atoms with E-state index in [0.29, 0.717) is 16.2 Å². The zero-order chi connectivity index (χ0) is 13.6. The van der Waals surface area contributed by atoms with E-state index in [1.807, 2.05) is 0 Å². The van der Waals surface area contributed by atoms with Crippen LogP contribution < -0.4 is 5.73 Å². The van der Waals surface area contributed by atoms with Gasteiger partial charge < -0.3 is 5.73 Å². The Morgan fingerprint density at radius 3 is 2.74 bits per heavy atom. The number of aromatic nitrogens is 2. The average molecular weight is 343 g/mol. The van der Waals surface area contributed by atoms with Crippen LogP contribution in [0.15, 0.2) is 22.7 Å². The molecule has 2 N–H and O–H groups in total. The lowest BCUT2D eigenvalue weighted by atomic mass is 10.2. The highest BCUT2D eigenvalue weighted by atomic mass is 79.9. The molecule has 1 heterocycles. The van der Waals surface area contributed by atoms with E-state index in [9.17, 15) is 4.39 Å². The third-order valence-electron chi connectivity index (χ3n) is 3.06. The third kappa shape index (κ3) is 2.32. The van der Waals surface area contributed by atoms with Gasteiger partial charge in [0.05, 0.1) is 20.8 Å². The van der Waals surface area contributed by atoms with Crippen molar-refractivity contribution in [2.75, 3.05) is 5.73 Å². The van der Waals surface area contributed by atoms with E-state index < -0.39 is 5.82 Å². The Kier molecular flexibility index (Phi) is 3.19. The summed E-state index contributed by atoms with van der Waals surface area (Å²) in [7, 11) is 0. The van der Waals surface area contributed by atoms with Crippen LogP contribution in [0.5, 0.6) is 0 Å². The largest absolute Gasteiger partial charge is 0.383 e. The summed E-state index contributed by atoms with van der Waals surface area (Å²) in [5.41, 5.74) is 6.98. The van der Waals surface area contributed by atoms with Crippen molar-refractivity contribution >= 4 is 33.3 Å². The van der Waals surface area contributed by atoms with Crippen molar-refractivity contribution in [3.63, 3.8) is 0 Å². The maximum atomic E-state index is 14.0. The van der Waals surface area contributed by atoms with Crippen molar-refractivity contribution in [2.45, 2.75) is 18.8 Å². The molecule has 6 heteroatoms. The number of anilines is 1. The van der Waals surface area contributed by atoms with Gasteiger partial charge in [0.15, 0.2) is 11.6 Å². The van der Waals surface area contributed by atoms with Crippen LogP contribution in [0, 0.1) is 5.82 Å². The van der Waals surface area contributed by atoms with Crippen LogP contribution >= 0.6 is 27.5 Å². The minimum Gasteiger partial charge on any atom is -0.383 e. The molecule has 0 unspecified atom stereocenters. The molecular weight excluding hydrogens is 333 g/mol. The van der Waals surface area contributed by atoms with Gasteiger partial charge in [-0.3, -0.25) is 0 Å². The molecular formula is C13H10BrClFN3. The number of rotatable bonds is 2. The molecule has 3 nitrogen and oxygen atoms in total. The molecule has 1 aliphatic carbocycles. The average Bonchev–Trinajstić information content (AvgIpc) is 3.20. The topological polar surface area (TPSA) is 51.8 Å². The Morgan fingerprint density at radius 1 is 1.32 bits per heavy atom. The summed E-state index contributed by atoms with van der Waals surface area (Å²) in [6, 6.07) is 4.75. The lowest BCUT2D eigenvalue weighted by Crippen LogP contribution is -2.03. The van der Waals surface area contributed by atoms with Gasteiger partial charge in [0, 0.05) is 5.92 Å². The summed E-state index contributed by atoms with van der Waals surface area (Å²) in [5.74, 6) is 0.474. The molecule has 1 fully saturated rings. The van der Waals surface area contributed by atoms with Crippen LogP contribution in [0.2, 0.25) is 5.02 Å².